The molecule has 1 aromatic heterocycles. The van der Waals surface area contributed by atoms with Crippen molar-refractivity contribution in [2.24, 2.45) is 23.7 Å². The van der Waals surface area contributed by atoms with Gasteiger partial charge in [0.25, 0.3) is 0 Å². The molecule has 4 aliphatic carbocycles. The molecule has 21 heavy (non-hydrogen) atoms. The molecule has 4 heteroatoms. The molecule has 4 aliphatic rings. The molecule has 4 saturated carbocycles. The third-order valence-electron chi connectivity index (χ3n) is 5.79. The van der Waals surface area contributed by atoms with Gasteiger partial charge in [-0.3, -0.25) is 0 Å². The van der Waals surface area contributed by atoms with Crippen LogP contribution in [0, 0.1) is 23.7 Å². The topological polar surface area (TPSA) is 37.8 Å². The summed E-state index contributed by atoms with van der Waals surface area (Å²) in [5.41, 5.74) is 0.419. The lowest BCUT2D eigenvalue weighted by Crippen LogP contribution is -2.48. The van der Waals surface area contributed by atoms with Crippen molar-refractivity contribution in [1.82, 2.24) is 15.5 Å². The van der Waals surface area contributed by atoms with Crippen LogP contribution in [0.4, 0.5) is 0 Å². The smallest absolute Gasteiger partial charge is 0.131 e. The molecule has 4 bridgehead atoms. The first-order chi connectivity index (χ1) is 10.1. The Labute approximate surface area is 131 Å². The van der Waals surface area contributed by atoms with Crippen LogP contribution in [-0.4, -0.2) is 16.7 Å². The van der Waals surface area contributed by atoms with Crippen LogP contribution in [-0.2, 0) is 12.0 Å². The van der Waals surface area contributed by atoms with Crippen molar-refractivity contribution in [3.8, 4) is 0 Å². The summed E-state index contributed by atoms with van der Waals surface area (Å²) in [6.07, 6.45) is 8.69. The van der Waals surface area contributed by atoms with Gasteiger partial charge in [-0.1, -0.05) is 25.2 Å². The van der Waals surface area contributed by atoms with Crippen LogP contribution in [0.3, 0.4) is 0 Å². The Bertz CT molecular complexity index is 473. The molecule has 4 fully saturated rings. The van der Waals surface area contributed by atoms with E-state index >= 15 is 0 Å². The molecule has 1 heterocycles. The molecule has 1 N–H and O–H groups in total. The largest absolute Gasteiger partial charge is 0.310 e. The molecule has 5 rings (SSSR count). The summed E-state index contributed by atoms with van der Waals surface area (Å²) in [4.78, 5) is 0. The van der Waals surface area contributed by atoms with E-state index in [1.54, 1.807) is 0 Å². The monoisotopic (exact) mass is 305 g/mol. The van der Waals surface area contributed by atoms with Crippen molar-refractivity contribution in [1.29, 1.82) is 0 Å². The van der Waals surface area contributed by atoms with E-state index in [-0.39, 0.29) is 0 Å². The zero-order valence-corrected chi connectivity index (χ0v) is 14.1. The lowest BCUT2D eigenvalue weighted by Gasteiger charge is -2.55. The van der Waals surface area contributed by atoms with Crippen molar-refractivity contribution in [3.05, 3.63) is 10.0 Å². The van der Waals surface area contributed by atoms with Crippen molar-refractivity contribution in [3.63, 3.8) is 0 Å². The van der Waals surface area contributed by atoms with Crippen LogP contribution in [0.15, 0.2) is 0 Å². The normalized spacial score (nSPS) is 37.6. The summed E-state index contributed by atoms with van der Waals surface area (Å²) in [6.45, 7) is 6.44. The van der Waals surface area contributed by atoms with E-state index in [0.29, 0.717) is 11.3 Å². The van der Waals surface area contributed by atoms with Gasteiger partial charge in [-0.15, -0.1) is 10.2 Å². The quantitative estimate of drug-likeness (QED) is 0.900. The summed E-state index contributed by atoms with van der Waals surface area (Å²) >= 11 is 1.89. The number of nitrogens with zero attached hydrogens (tertiary/aromatic N) is 2. The van der Waals surface area contributed by atoms with Gasteiger partial charge in [0.2, 0.25) is 0 Å². The predicted octanol–water partition coefficient (Wildman–Crippen LogP) is 3.75. The van der Waals surface area contributed by atoms with Gasteiger partial charge in [0.15, 0.2) is 0 Å². The maximum Gasteiger partial charge on any atom is 0.131 e. The van der Waals surface area contributed by atoms with E-state index in [1.165, 1.54) is 48.5 Å². The standard InChI is InChI=1S/C17H27N3S/c1-11(2)9-18-10-15-19-20-16(21-15)17-6-12-3-13(7-17)5-14(4-12)8-17/h11-14,18H,3-10H2,1-2H3. The van der Waals surface area contributed by atoms with Crippen LogP contribution < -0.4 is 5.32 Å². The van der Waals surface area contributed by atoms with Gasteiger partial charge < -0.3 is 5.32 Å². The van der Waals surface area contributed by atoms with Crippen LogP contribution in [0.5, 0.6) is 0 Å². The molecular weight excluding hydrogens is 278 g/mol. The second kappa shape index (κ2) is 5.31. The molecule has 0 radical (unpaired) electrons. The summed E-state index contributed by atoms with van der Waals surface area (Å²) in [6, 6.07) is 0. The molecule has 0 amide bonds. The van der Waals surface area contributed by atoms with Gasteiger partial charge in [0.05, 0.1) is 0 Å². The molecule has 0 aromatic carbocycles. The van der Waals surface area contributed by atoms with Crippen molar-refractivity contribution < 1.29 is 0 Å². The number of hydrogen-bond donors (Lipinski definition) is 1. The predicted molar refractivity (Wildman–Crippen MR) is 86.3 cm³/mol. The lowest BCUT2D eigenvalue weighted by atomic mass is 9.50. The fourth-order valence-corrected chi connectivity index (χ4v) is 6.41. The Hall–Kier alpha value is -0.480. The molecule has 0 aliphatic heterocycles. The first-order valence-electron chi connectivity index (χ1n) is 8.66. The van der Waals surface area contributed by atoms with E-state index in [9.17, 15) is 0 Å². The van der Waals surface area contributed by atoms with E-state index < -0.39 is 0 Å². The number of aromatic nitrogens is 2. The zero-order valence-electron chi connectivity index (χ0n) is 13.3. The fourth-order valence-electron chi connectivity index (χ4n) is 5.38. The maximum atomic E-state index is 4.63. The minimum atomic E-state index is 0.419. The van der Waals surface area contributed by atoms with E-state index in [1.807, 2.05) is 11.3 Å². The third kappa shape index (κ3) is 2.65. The molecule has 0 saturated heterocycles. The van der Waals surface area contributed by atoms with E-state index in [0.717, 1.165) is 30.8 Å². The number of nitrogens with one attached hydrogen (secondary N) is 1. The van der Waals surface area contributed by atoms with Crippen molar-refractivity contribution >= 4 is 11.3 Å². The molecule has 0 atom stereocenters. The van der Waals surface area contributed by atoms with Crippen molar-refractivity contribution in [2.75, 3.05) is 6.54 Å². The Morgan fingerprint density at radius 1 is 1.10 bits per heavy atom. The summed E-state index contributed by atoms with van der Waals surface area (Å²) in [7, 11) is 0. The van der Waals surface area contributed by atoms with Gasteiger partial charge >= 0.3 is 0 Å². The second-order valence-corrected chi connectivity index (χ2v) is 9.29. The number of rotatable bonds is 5. The average molecular weight is 305 g/mol. The second-order valence-electron chi connectivity index (χ2n) is 8.22. The molecule has 0 unspecified atom stereocenters. The Kier molecular flexibility index (Phi) is 3.57. The summed E-state index contributed by atoms with van der Waals surface area (Å²) in [5, 5.41) is 15.2. The van der Waals surface area contributed by atoms with E-state index in [4.69, 9.17) is 0 Å². The Balaban J connectivity index is 1.48. The average Bonchev–Trinajstić information content (AvgIpc) is 2.86. The highest BCUT2D eigenvalue weighted by Crippen LogP contribution is 2.60. The Morgan fingerprint density at radius 2 is 1.71 bits per heavy atom. The van der Waals surface area contributed by atoms with Gasteiger partial charge in [-0.05, 0) is 68.7 Å². The summed E-state index contributed by atoms with van der Waals surface area (Å²) < 4.78 is 0. The molecule has 0 spiro atoms. The molecular formula is C17H27N3S. The van der Waals surface area contributed by atoms with Gasteiger partial charge in [0.1, 0.15) is 10.0 Å². The highest BCUT2D eigenvalue weighted by Gasteiger charge is 2.53. The highest BCUT2D eigenvalue weighted by atomic mass is 32.1. The molecule has 3 nitrogen and oxygen atoms in total. The van der Waals surface area contributed by atoms with Crippen molar-refractivity contribution in [2.45, 2.75) is 64.3 Å². The van der Waals surface area contributed by atoms with Crippen LogP contribution in [0.1, 0.15) is 62.4 Å². The third-order valence-corrected chi connectivity index (χ3v) is 6.96. The first-order valence-corrected chi connectivity index (χ1v) is 9.48. The molecule has 116 valence electrons. The van der Waals surface area contributed by atoms with E-state index in [2.05, 4.69) is 29.4 Å². The van der Waals surface area contributed by atoms with Crippen LogP contribution >= 0.6 is 11.3 Å². The fraction of sp³-hybridized carbons (Fsp3) is 0.882. The van der Waals surface area contributed by atoms with Gasteiger partial charge in [0, 0.05) is 12.0 Å². The molecule has 1 aromatic rings. The lowest BCUT2D eigenvalue weighted by molar-refractivity contribution is -0.00555. The zero-order chi connectivity index (χ0) is 14.4. The first kappa shape index (κ1) is 14.1. The minimum absolute atomic E-state index is 0.419. The van der Waals surface area contributed by atoms with Crippen LogP contribution in [0.2, 0.25) is 0 Å². The number of hydrogen-bond acceptors (Lipinski definition) is 4. The summed E-state index contributed by atoms with van der Waals surface area (Å²) in [5.74, 6) is 3.66. The SMILES string of the molecule is CC(C)CNCc1nnc(C23CC4CC(CC(C4)C2)C3)s1. The van der Waals surface area contributed by atoms with Crippen LogP contribution in [0.25, 0.3) is 0 Å². The Morgan fingerprint density at radius 3 is 2.29 bits per heavy atom. The minimum Gasteiger partial charge on any atom is -0.310 e. The van der Waals surface area contributed by atoms with Gasteiger partial charge in [-0.25, -0.2) is 0 Å². The maximum absolute atomic E-state index is 4.63. The van der Waals surface area contributed by atoms with Gasteiger partial charge in [-0.2, -0.15) is 0 Å². The highest BCUT2D eigenvalue weighted by molar-refractivity contribution is 7.11.